The van der Waals surface area contributed by atoms with Gasteiger partial charge in [0, 0.05) is 5.02 Å². The van der Waals surface area contributed by atoms with Gasteiger partial charge in [0.2, 0.25) is 11.8 Å². The molecule has 4 nitrogen and oxygen atoms in total. The Kier molecular flexibility index (Phi) is 5.02. The van der Waals surface area contributed by atoms with Gasteiger partial charge in [0.25, 0.3) is 0 Å². The van der Waals surface area contributed by atoms with Crippen molar-refractivity contribution in [3.63, 3.8) is 0 Å². The van der Waals surface area contributed by atoms with Gasteiger partial charge in [0.05, 0.1) is 23.0 Å². The fourth-order valence-corrected chi connectivity index (χ4v) is 3.25. The van der Waals surface area contributed by atoms with Crippen LogP contribution >= 0.6 is 22.9 Å². The molecule has 0 radical (unpaired) electrons. The summed E-state index contributed by atoms with van der Waals surface area (Å²) in [4.78, 5) is 17.7. The predicted octanol–water partition coefficient (Wildman–Crippen LogP) is 4.78. The maximum absolute atomic E-state index is 12.3. The van der Waals surface area contributed by atoms with Crippen molar-refractivity contribution in [1.82, 2.24) is 10.3 Å². The van der Waals surface area contributed by atoms with Gasteiger partial charge in [-0.25, -0.2) is 4.98 Å². The lowest BCUT2D eigenvalue weighted by molar-refractivity contribution is -0.121. The molecular formula is C18H17ClN2O2S. The Morgan fingerprint density at radius 2 is 2.21 bits per heavy atom. The Labute approximate surface area is 149 Å². The summed E-state index contributed by atoms with van der Waals surface area (Å²) < 4.78 is 5.67. The van der Waals surface area contributed by atoms with Crippen molar-refractivity contribution in [3.8, 4) is 10.8 Å². The molecule has 0 spiro atoms. The van der Waals surface area contributed by atoms with Crippen molar-refractivity contribution in [1.29, 1.82) is 0 Å². The Morgan fingerprint density at radius 3 is 2.92 bits per heavy atom. The first-order chi connectivity index (χ1) is 11.5. The van der Waals surface area contributed by atoms with Crippen LogP contribution in [0.25, 0.3) is 10.8 Å². The molecule has 3 aromatic rings. The molecule has 1 atom stereocenters. The Morgan fingerprint density at radius 1 is 1.38 bits per heavy atom. The zero-order chi connectivity index (χ0) is 17.1. The minimum absolute atomic E-state index is 0.100. The lowest BCUT2D eigenvalue weighted by atomic mass is 10.1. The Bertz CT molecular complexity index is 843. The van der Waals surface area contributed by atoms with Gasteiger partial charge in [0.1, 0.15) is 5.76 Å². The van der Waals surface area contributed by atoms with E-state index >= 15 is 0 Å². The first kappa shape index (κ1) is 16.7. The number of hydrogen-bond donors (Lipinski definition) is 1. The molecule has 124 valence electrons. The van der Waals surface area contributed by atoms with Gasteiger partial charge in [-0.1, -0.05) is 29.8 Å². The number of nitrogens with one attached hydrogen (secondary N) is 1. The molecule has 2 aromatic heterocycles. The molecule has 3 rings (SSSR count). The number of hydrogen-bond acceptors (Lipinski definition) is 4. The van der Waals surface area contributed by atoms with Gasteiger partial charge in [0.15, 0.2) is 0 Å². The van der Waals surface area contributed by atoms with Crippen LogP contribution in [0.3, 0.4) is 0 Å². The van der Waals surface area contributed by atoms with E-state index in [0.29, 0.717) is 22.4 Å². The van der Waals surface area contributed by atoms with Crippen molar-refractivity contribution >= 4 is 28.8 Å². The fraction of sp³-hybridized carbons (Fsp3) is 0.222. The summed E-state index contributed by atoms with van der Waals surface area (Å²) in [5.74, 6) is 1.13. The Hall–Kier alpha value is -2.11. The van der Waals surface area contributed by atoms with Crippen molar-refractivity contribution in [2.45, 2.75) is 26.3 Å². The van der Waals surface area contributed by atoms with Crippen LogP contribution in [0, 0.1) is 6.92 Å². The second kappa shape index (κ2) is 7.20. The number of halogens is 1. The number of benzene rings is 1. The summed E-state index contributed by atoms with van der Waals surface area (Å²) in [7, 11) is 0. The quantitative estimate of drug-likeness (QED) is 0.712. The topological polar surface area (TPSA) is 55.1 Å². The summed E-state index contributed by atoms with van der Waals surface area (Å²) in [6.07, 6.45) is 0.186. The highest BCUT2D eigenvalue weighted by atomic mass is 35.5. The van der Waals surface area contributed by atoms with E-state index in [-0.39, 0.29) is 18.4 Å². The number of thiophene rings is 1. The molecule has 1 aromatic carbocycles. The number of rotatable bonds is 5. The zero-order valence-electron chi connectivity index (χ0n) is 13.4. The van der Waals surface area contributed by atoms with Gasteiger partial charge < -0.3 is 9.73 Å². The SMILES string of the molecule is Cc1oc(-c2cccs2)nc1CC(=O)NC(C)c1cccc(Cl)c1. The van der Waals surface area contributed by atoms with E-state index in [1.54, 1.807) is 11.3 Å². The standard InChI is InChI=1S/C18H17ClN2O2S/c1-11(13-5-3-6-14(19)9-13)20-17(22)10-15-12(2)23-18(21-15)16-7-4-8-24-16/h3-9,11H,10H2,1-2H3,(H,20,22). The average molecular weight is 361 g/mol. The van der Waals surface area contributed by atoms with Crippen LogP contribution < -0.4 is 5.32 Å². The maximum Gasteiger partial charge on any atom is 0.236 e. The summed E-state index contributed by atoms with van der Waals surface area (Å²) in [5.41, 5.74) is 1.63. The molecule has 6 heteroatoms. The summed E-state index contributed by atoms with van der Waals surface area (Å²) >= 11 is 7.55. The third-order valence-corrected chi connectivity index (χ3v) is 4.77. The van der Waals surface area contributed by atoms with E-state index in [9.17, 15) is 4.79 Å². The molecule has 0 bridgehead atoms. The minimum Gasteiger partial charge on any atom is -0.440 e. The van der Waals surface area contributed by atoms with Crippen molar-refractivity contribution in [2.75, 3.05) is 0 Å². The molecular weight excluding hydrogens is 344 g/mol. The van der Waals surface area contributed by atoms with Crippen LogP contribution in [-0.2, 0) is 11.2 Å². The highest BCUT2D eigenvalue weighted by Crippen LogP contribution is 2.26. The molecule has 1 amide bonds. The molecule has 0 aliphatic rings. The molecule has 24 heavy (non-hydrogen) atoms. The summed E-state index contributed by atoms with van der Waals surface area (Å²) in [5, 5.41) is 5.59. The first-order valence-corrected chi connectivity index (χ1v) is 8.83. The summed E-state index contributed by atoms with van der Waals surface area (Å²) in [6, 6.07) is 11.2. The van der Waals surface area contributed by atoms with Gasteiger partial charge >= 0.3 is 0 Å². The minimum atomic E-state index is -0.125. The van der Waals surface area contributed by atoms with Gasteiger partial charge in [-0.15, -0.1) is 11.3 Å². The number of oxazole rings is 1. The van der Waals surface area contributed by atoms with E-state index in [1.807, 2.05) is 55.6 Å². The molecule has 0 aliphatic heterocycles. The largest absolute Gasteiger partial charge is 0.440 e. The number of nitrogens with zero attached hydrogens (tertiary/aromatic N) is 1. The predicted molar refractivity (Wildman–Crippen MR) is 96.3 cm³/mol. The lowest BCUT2D eigenvalue weighted by Gasteiger charge is -2.14. The van der Waals surface area contributed by atoms with Crippen LogP contribution in [-0.4, -0.2) is 10.9 Å². The lowest BCUT2D eigenvalue weighted by Crippen LogP contribution is -2.28. The van der Waals surface area contributed by atoms with Crippen LogP contribution in [0.15, 0.2) is 46.2 Å². The van der Waals surface area contributed by atoms with Crippen molar-refractivity contribution in [2.24, 2.45) is 0 Å². The van der Waals surface area contributed by atoms with Crippen molar-refractivity contribution in [3.05, 3.63) is 63.8 Å². The van der Waals surface area contributed by atoms with Crippen LogP contribution in [0.1, 0.15) is 30.0 Å². The monoisotopic (exact) mass is 360 g/mol. The molecule has 0 saturated carbocycles. The second-order valence-electron chi connectivity index (χ2n) is 5.52. The highest BCUT2D eigenvalue weighted by molar-refractivity contribution is 7.13. The maximum atomic E-state index is 12.3. The second-order valence-corrected chi connectivity index (χ2v) is 6.90. The molecule has 0 saturated heterocycles. The summed E-state index contributed by atoms with van der Waals surface area (Å²) in [6.45, 7) is 3.75. The smallest absolute Gasteiger partial charge is 0.236 e. The van der Waals surface area contributed by atoms with E-state index in [1.165, 1.54) is 0 Å². The number of aryl methyl sites for hydroxylation is 1. The van der Waals surface area contributed by atoms with Crippen LogP contribution in [0.4, 0.5) is 0 Å². The molecule has 0 aliphatic carbocycles. The third-order valence-electron chi connectivity index (χ3n) is 3.68. The van der Waals surface area contributed by atoms with E-state index in [4.69, 9.17) is 16.0 Å². The van der Waals surface area contributed by atoms with E-state index < -0.39 is 0 Å². The van der Waals surface area contributed by atoms with Gasteiger partial charge in [-0.3, -0.25) is 4.79 Å². The van der Waals surface area contributed by atoms with Crippen LogP contribution in [0.5, 0.6) is 0 Å². The molecule has 1 unspecified atom stereocenters. The number of amides is 1. The molecule has 0 fully saturated rings. The first-order valence-electron chi connectivity index (χ1n) is 7.58. The average Bonchev–Trinajstić information content (AvgIpc) is 3.18. The molecule has 2 heterocycles. The van der Waals surface area contributed by atoms with Crippen LogP contribution in [0.2, 0.25) is 5.02 Å². The molecule has 1 N–H and O–H groups in total. The van der Waals surface area contributed by atoms with E-state index in [0.717, 1.165) is 10.4 Å². The number of carbonyl (C=O) groups is 1. The number of aromatic nitrogens is 1. The fourth-order valence-electron chi connectivity index (χ4n) is 2.40. The number of carbonyl (C=O) groups excluding carboxylic acids is 1. The zero-order valence-corrected chi connectivity index (χ0v) is 14.9. The van der Waals surface area contributed by atoms with E-state index in [2.05, 4.69) is 10.3 Å². The third kappa shape index (κ3) is 3.86. The normalized spacial score (nSPS) is 12.1. The van der Waals surface area contributed by atoms with Gasteiger partial charge in [-0.05, 0) is 43.0 Å². The Balaban J connectivity index is 1.67. The van der Waals surface area contributed by atoms with Crippen molar-refractivity contribution < 1.29 is 9.21 Å². The highest BCUT2D eigenvalue weighted by Gasteiger charge is 2.17. The van der Waals surface area contributed by atoms with Gasteiger partial charge in [-0.2, -0.15) is 0 Å².